The van der Waals surface area contributed by atoms with Crippen molar-refractivity contribution in [3.05, 3.63) is 24.3 Å². The standard InChI is InChI=1S/C39H57NO11/c1-18-8-24-13-27-25-12-23(4-6-29(18)46-24)45-31(19(25)2)14-32-26(36(44-3)33(49-32)11-21(42)17-40)10-20(41)9-22-5-7-30-38(47-22)35-15-34(48-30)37-28(43)16-39(27,50-35)51-37/h21-38,42-43H,1-2,4-17,40H2,3H3/t21-,22+,23-,24+,25+,26-,27?,28+,29-,30-,31+,32-,33+,34?,35+,36+,37-,38-,39-/m0/s1. The van der Waals surface area contributed by atoms with Crippen molar-refractivity contribution in [1.82, 2.24) is 0 Å². The zero-order valence-electron chi connectivity index (χ0n) is 29.9. The molecule has 0 amide bonds. The van der Waals surface area contributed by atoms with Gasteiger partial charge in [-0.25, -0.2) is 0 Å². The molecule has 0 aliphatic carbocycles. The Kier molecular flexibility index (Phi) is 9.57. The fourth-order valence-corrected chi connectivity index (χ4v) is 11.6. The summed E-state index contributed by atoms with van der Waals surface area (Å²) < 4.78 is 54.2. The molecule has 284 valence electrons. The third kappa shape index (κ3) is 6.32. The van der Waals surface area contributed by atoms with Crippen LogP contribution in [0.4, 0.5) is 0 Å². The molecule has 19 atom stereocenters. The van der Waals surface area contributed by atoms with Crippen LogP contribution in [-0.2, 0) is 42.7 Å². The van der Waals surface area contributed by atoms with Crippen molar-refractivity contribution >= 4 is 5.78 Å². The topological polar surface area (TPSA) is 157 Å². The molecule has 0 aromatic heterocycles. The fourth-order valence-electron chi connectivity index (χ4n) is 11.6. The van der Waals surface area contributed by atoms with Crippen molar-refractivity contribution in [3.63, 3.8) is 0 Å². The molecule has 0 saturated carbocycles. The van der Waals surface area contributed by atoms with Crippen LogP contribution in [0.15, 0.2) is 24.3 Å². The van der Waals surface area contributed by atoms with Gasteiger partial charge in [-0.2, -0.15) is 0 Å². The van der Waals surface area contributed by atoms with E-state index in [1.807, 2.05) is 0 Å². The fraction of sp³-hybridized carbons (Fsp3) is 0.872. The summed E-state index contributed by atoms with van der Waals surface area (Å²) in [7, 11) is 1.65. The first-order chi connectivity index (χ1) is 24.6. The lowest BCUT2D eigenvalue weighted by Crippen LogP contribution is -2.59. The number of ketones is 1. The smallest absolute Gasteiger partial charge is 0.175 e. The van der Waals surface area contributed by atoms with Gasteiger partial charge in [-0.3, -0.25) is 4.79 Å². The molecule has 9 aliphatic heterocycles. The summed E-state index contributed by atoms with van der Waals surface area (Å²) in [6.45, 7) is 9.28. The summed E-state index contributed by atoms with van der Waals surface area (Å²) in [6, 6.07) is 0. The lowest BCUT2D eigenvalue weighted by atomic mass is 9.69. The second-order valence-electron chi connectivity index (χ2n) is 17.1. The van der Waals surface area contributed by atoms with Crippen molar-refractivity contribution in [2.45, 2.75) is 181 Å². The van der Waals surface area contributed by atoms with Gasteiger partial charge in [0.25, 0.3) is 0 Å². The highest BCUT2D eigenvalue weighted by atomic mass is 16.7. The molecule has 1 spiro atoms. The molecule has 9 rings (SSSR count). The van der Waals surface area contributed by atoms with E-state index in [4.69, 9.17) is 50.2 Å². The van der Waals surface area contributed by atoms with Crippen LogP contribution in [0.2, 0.25) is 0 Å². The molecule has 9 saturated heterocycles. The molecule has 12 heteroatoms. The van der Waals surface area contributed by atoms with Gasteiger partial charge in [-0.1, -0.05) is 13.2 Å². The van der Waals surface area contributed by atoms with Gasteiger partial charge < -0.3 is 53.8 Å². The minimum absolute atomic E-state index is 0.0284. The van der Waals surface area contributed by atoms with E-state index in [2.05, 4.69) is 6.58 Å². The Morgan fingerprint density at radius 2 is 1.67 bits per heavy atom. The van der Waals surface area contributed by atoms with E-state index in [-0.39, 0.29) is 110 Å². The zero-order chi connectivity index (χ0) is 35.2. The third-order valence-electron chi connectivity index (χ3n) is 14.0. The first-order valence-corrected chi connectivity index (χ1v) is 19.7. The number of hydrogen-bond acceptors (Lipinski definition) is 12. The Labute approximate surface area is 300 Å². The summed E-state index contributed by atoms with van der Waals surface area (Å²) in [4.78, 5) is 14.0. The Morgan fingerprint density at radius 1 is 0.843 bits per heavy atom. The maximum absolute atomic E-state index is 14.0. The predicted octanol–water partition coefficient (Wildman–Crippen LogP) is 2.64. The molecule has 0 aromatic carbocycles. The zero-order valence-corrected chi connectivity index (χ0v) is 29.9. The Bertz CT molecular complexity index is 1360. The number of aliphatic hydroxyl groups excluding tert-OH is 2. The number of nitrogens with two attached hydrogens (primary N) is 1. The number of Topliss-reactive ketones (excluding diaryl/α,β-unsaturated/α-hetero) is 1. The van der Waals surface area contributed by atoms with E-state index >= 15 is 0 Å². The number of carbonyl (C=O) groups excluding carboxylic acids is 1. The van der Waals surface area contributed by atoms with E-state index in [1.165, 1.54) is 0 Å². The Morgan fingerprint density at radius 3 is 2.49 bits per heavy atom. The van der Waals surface area contributed by atoms with Gasteiger partial charge in [0.15, 0.2) is 5.79 Å². The summed E-state index contributed by atoms with van der Waals surface area (Å²) in [5.41, 5.74) is 7.90. The van der Waals surface area contributed by atoms with Crippen LogP contribution in [0.3, 0.4) is 0 Å². The van der Waals surface area contributed by atoms with Crippen molar-refractivity contribution in [3.8, 4) is 0 Å². The molecule has 9 heterocycles. The Balaban J connectivity index is 1.13. The summed E-state index contributed by atoms with van der Waals surface area (Å²) in [5, 5.41) is 22.2. The summed E-state index contributed by atoms with van der Waals surface area (Å²) in [5.74, 6) is -1.48. The van der Waals surface area contributed by atoms with Crippen LogP contribution in [0.1, 0.15) is 83.5 Å². The molecular weight excluding hydrogens is 658 g/mol. The van der Waals surface area contributed by atoms with Crippen LogP contribution < -0.4 is 5.73 Å². The maximum atomic E-state index is 14.0. The number of fused-ring (bicyclic) bond motifs is 9. The number of carbonyl (C=O) groups is 1. The summed E-state index contributed by atoms with van der Waals surface area (Å²) in [6.07, 6.45) is 2.46. The van der Waals surface area contributed by atoms with Crippen LogP contribution >= 0.6 is 0 Å². The number of hydrogen-bond donors (Lipinski definition) is 3. The van der Waals surface area contributed by atoms with E-state index in [0.717, 1.165) is 43.3 Å². The minimum atomic E-state index is -1.11. The molecule has 4 N–H and O–H groups in total. The average molecular weight is 716 g/mol. The molecule has 2 unspecified atom stereocenters. The summed E-state index contributed by atoms with van der Waals surface area (Å²) >= 11 is 0. The second kappa shape index (κ2) is 13.8. The minimum Gasteiger partial charge on any atom is -0.392 e. The third-order valence-corrected chi connectivity index (χ3v) is 14.0. The van der Waals surface area contributed by atoms with Gasteiger partial charge in [0.05, 0.1) is 79.4 Å². The molecular formula is C39H57NO11. The van der Waals surface area contributed by atoms with Crippen molar-refractivity contribution < 1.29 is 52.9 Å². The van der Waals surface area contributed by atoms with E-state index < -0.39 is 30.2 Å². The monoisotopic (exact) mass is 715 g/mol. The number of rotatable bonds is 4. The molecule has 0 aromatic rings. The highest BCUT2D eigenvalue weighted by Crippen LogP contribution is 2.56. The van der Waals surface area contributed by atoms with Crippen molar-refractivity contribution in [2.75, 3.05) is 13.7 Å². The SMILES string of the molecule is C=C1C[C@@H]2CC3[C@@H]4C[C@H](CC[C@@H]1O2)O[C@H](C[C@@H]1O[C@H](C[C@H](O)CN)[C@H](OC)[C@H]1CC(=O)C[C@H]1CC[C@@H]2OC5C[C@@H](O[C@]36C[C@@H](O)[C@@H]5O6)[C@H]2O1)C4=C. The van der Waals surface area contributed by atoms with E-state index in [0.29, 0.717) is 38.5 Å². The first kappa shape index (κ1) is 35.4. The molecule has 51 heavy (non-hydrogen) atoms. The second-order valence-corrected chi connectivity index (χ2v) is 17.1. The van der Waals surface area contributed by atoms with Crippen LogP contribution in [0, 0.1) is 17.8 Å². The van der Waals surface area contributed by atoms with E-state index in [9.17, 15) is 15.0 Å². The van der Waals surface area contributed by atoms with Crippen LogP contribution in [0.25, 0.3) is 0 Å². The number of aliphatic hydroxyl groups is 2. The van der Waals surface area contributed by atoms with E-state index in [1.54, 1.807) is 7.11 Å². The number of ether oxygens (including phenoxy) is 8. The lowest BCUT2D eigenvalue weighted by molar-refractivity contribution is -0.302. The van der Waals surface area contributed by atoms with Crippen molar-refractivity contribution in [1.29, 1.82) is 0 Å². The molecule has 9 aliphatic rings. The first-order valence-electron chi connectivity index (χ1n) is 19.7. The average Bonchev–Trinajstić information content (AvgIpc) is 3.71. The van der Waals surface area contributed by atoms with Crippen LogP contribution in [-0.4, -0.2) is 127 Å². The normalized spacial score (nSPS) is 52.9. The van der Waals surface area contributed by atoms with Gasteiger partial charge >= 0.3 is 0 Å². The molecule has 11 bridgehead atoms. The quantitative estimate of drug-likeness (QED) is 0.367. The van der Waals surface area contributed by atoms with Gasteiger partial charge in [-0.05, 0) is 62.0 Å². The Hall–Kier alpha value is -1.29. The van der Waals surface area contributed by atoms with Gasteiger partial charge in [0, 0.05) is 64.0 Å². The highest BCUT2D eigenvalue weighted by Gasteiger charge is 2.64. The molecule has 0 radical (unpaired) electrons. The molecule has 12 nitrogen and oxygen atoms in total. The lowest BCUT2D eigenvalue weighted by Gasteiger charge is -2.51. The largest absolute Gasteiger partial charge is 0.392 e. The van der Waals surface area contributed by atoms with Gasteiger partial charge in [-0.15, -0.1) is 0 Å². The molecule has 9 fully saturated rings. The van der Waals surface area contributed by atoms with Crippen molar-refractivity contribution in [2.24, 2.45) is 23.5 Å². The predicted molar refractivity (Wildman–Crippen MR) is 181 cm³/mol. The van der Waals surface area contributed by atoms with Gasteiger partial charge in [0.2, 0.25) is 0 Å². The van der Waals surface area contributed by atoms with Crippen LogP contribution in [0.5, 0.6) is 0 Å². The van der Waals surface area contributed by atoms with Gasteiger partial charge in [0.1, 0.15) is 18.0 Å². The number of methoxy groups -OCH3 is 1. The highest BCUT2D eigenvalue weighted by molar-refractivity contribution is 5.79. The maximum Gasteiger partial charge on any atom is 0.175 e.